The summed E-state index contributed by atoms with van der Waals surface area (Å²) in [5, 5.41) is 12.2. The van der Waals surface area contributed by atoms with E-state index in [0.717, 1.165) is 43.0 Å². The SMILES string of the molecule is CCC(CCC[C@@H](N)C(=O)Nc1cc2cc(C(C)(C)C)ccc2nn1)C(CCN)C(C)CCN. The number of amides is 1. The van der Waals surface area contributed by atoms with Crippen LogP contribution in [0.15, 0.2) is 24.3 Å². The highest BCUT2D eigenvalue weighted by Crippen LogP contribution is 2.32. The zero-order valence-electron chi connectivity index (χ0n) is 21.8. The fourth-order valence-corrected chi connectivity index (χ4v) is 4.90. The minimum atomic E-state index is -0.578. The van der Waals surface area contributed by atoms with Gasteiger partial charge < -0.3 is 22.5 Å². The van der Waals surface area contributed by atoms with Crippen LogP contribution in [0.2, 0.25) is 0 Å². The Morgan fingerprint density at radius 3 is 2.35 bits per heavy atom. The number of rotatable bonds is 13. The highest BCUT2D eigenvalue weighted by molar-refractivity contribution is 5.95. The maximum Gasteiger partial charge on any atom is 0.242 e. The van der Waals surface area contributed by atoms with Crippen molar-refractivity contribution in [3.63, 3.8) is 0 Å². The van der Waals surface area contributed by atoms with Crippen LogP contribution in [0, 0.1) is 17.8 Å². The first kappa shape index (κ1) is 28.1. The minimum Gasteiger partial charge on any atom is -0.330 e. The maximum absolute atomic E-state index is 12.7. The Morgan fingerprint density at radius 1 is 1.03 bits per heavy atom. The summed E-state index contributed by atoms with van der Waals surface area (Å²) in [6.45, 7) is 12.4. The van der Waals surface area contributed by atoms with Gasteiger partial charge >= 0.3 is 0 Å². The number of carbonyl (C=O) groups excluding carboxylic acids is 1. The first-order chi connectivity index (χ1) is 16.1. The van der Waals surface area contributed by atoms with Crippen LogP contribution >= 0.6 is 0 Å². The van der Waals surface area contributed by atoms with Crippen molar-refractivity contribution in [2.45, 2.75) is 84.6 Å². The van der Waals surface area contributed by atoms with Crippen molar-refractivity contribution in [1.82, 2.24) is 10.2 Å². The number of benzene rings is 1. The molecule has 0 bridgehead atoms. The van der Waals surface area contributed by atoms with Crippen molar-refractivity contribution in [1.29, 1.82) is 0 Å². The van der Waals surface area contributed by atoms with Gasteiger partial charge in [-0.15, -0.1) is 10.2 Å². The molecule has 4 atom stereocenters. The molecule has 0 saturated heterocycles. The van der Waals surface area contributed by atoms with E-state index >= 15 is 0 Å². The van der Waals surface area contributed by atoms with Crippen LogP contribution in [-0.4, -0.2) is 35.2 Å². The number of fused-ring (bicyclic) bond motifs is 1. The fourth-order valence-electron chi connectivity index (χ4n) is 4.90. The van der Waals surface area contributed by atoms with Crippen molar-refractivity contribution in [2.75, 3.05) is 18.4 Å². The van der Waals surface area contributed by atoms with E-state index in [1.165, 1.54) is 5.56 Å². The number of hydrogen-bond acceptors (Lipinski definition) is 6. The molecule has 0 radical (unpaired) electrons. The highest BCUT2D eigenvalue weighted by Gasteiger charge is 2.25. The quantitative estimate of drug-likeness (QED) is 0.344. The zero-order valence-corrected chi connectivity index (χ0v) is 21.8. The molecule has 3 unspecified atom stereocenters. The molecule has 0 saturated carbocycles. The monoisotopic (exact) mass is 470 g/mol. The maximum atomic E-state index is 12.7. The van der Waals surface area contributed by atoms with Gasteiger partial charge in [0, 0.05) is 5.39 Å². The van der Waals surface area contributed by atoms with Crippen LogP contribution in [0.3, 0.4) is 0 Å². The van der Waals surface area contributed by atoms with Crippen LogP contribution in [0.4, 0.5) is 5.82 Å². The fraction of sp³-hybridized carbons (Fsp3) is 0.667. The summed E-state index contributed by atoms with van der Waals surface area (Å²) in [6, 6.07) is 7.44. The molecule has 2 rings (SSSR count). The number of carbonyl (C=O) groups is 1. The van der Waals surface area contributed by atoms with Crippen molar-refractivity contribution < 1.29 is 4.79 Å². The van der Waals surface area contributed by atoms with E-state index in [1.807, 2.05) is 12.1 Å². The van der Waals surface area contributed by atoms with Gasteiger partial charge in [-0.25, -0.2) is 0 Å². The minimum absolute atomic E-state index is 0.0326. The lowest BCUT2D eigenvalue weighted by atomic mass is 9.75. The Kier molecular flexibility index (Phi) is 10.9. The van der Waals surface area contributed by atoms with Crippen LogP contribution in [0.25, 0.3) is 10.9 Å². The molecule has 1 amide bonds. The molecule has 190 valence electrons. The number of nitrogens with two attached hydrogens (primary N) is 3. The lowest BCUT2D eigenvalue weighted by Gasteiger charge is -2.31. The molecule has 0 fully saturated rings. The molecule has 7 N–H and O–H groups in total. The Balaban J connectivity index is 1.95. The number of aromatic nitrogens is 2. The van der Waals surface area contributed by atoms with Gasteiger partial charge in [0.2, 0.25) is 5.91 Å². The van der Waals surface area contributed by atoms with Gasteiger partial charge in [-0.3, -0.25) is 4.79 Å². The molecule has 2 aromatic rings. The topological polar surface area (TPSA) is 133 Å². The third-order valence-electron chi connectivity index (χ3n) is 7.11. The van der Waals surface area contributed by atoms with Gasteiger partial charge in [0.25, 0.3) is 0 Å². The second kappa shape index (κ2) is 13.1. The van der Waals surface area contributed by atoms with Crippen LogP contribution in [-0.2, 0) is 10.2 Å². The summed E-state index contributed by atoms with van der Waals surface area (Å²) in [5.74, 6) is 1.91. The molecule has 1 heterocycles. The van der Waals surface area contributed by atoms with Gasteiger partial charge in [-0.1, -0.05) is 59.9 Å². The standard InChI is InChI=1S/C27H46N6O/c1-6-19(22(13-15-29)18(2)12-14-28)8-7-9-23(30)26(34)31-25-17-20-16-21(27(3,4)5)10-11-24(20)32-33-25/h10-11,16-19,22-23H,6-9,12-15,28-30H2,1-5H3,(H,31,33,34)/t18?,19?,22?,23-/m1/s1. The molecule has 0 spiro atoms. The normalized spacial score (nSPS) is 15.6. The van der Waals surface area contributed by atoms with Crippen molar-refractivity contribution in [3.8, 4) is 0 Å². The first-order valence-corrected chi connectivity index (χ1v) is 12.8. The van der Waals surface area contributed by atoms with Crippen LogP contribution in [0.1, 0.15) is 78.7 Å². The average Bonchev–Trinajstić information content (AvgIpc) is 2.79. The molecule has 0 aliphatic heterocycles. The van der Waals surface area contributed by atoms with E-state index in [2.05, 4.69) is 62.3 Å². The molecular formula is C27H46N6O. The van der Waals surface area contributed by atoms with Crippen molar-refractivity contribution in [3.05, 3.63) is 29.8 Å². The lowest BCUT2D eigenvalue weighted by Crippen LogP contribution is -2.36. The summed E-state index contributed by atoms with van der Waals surface area (Å²) in [6.07, 6.45) is 5.73. The van der Waals surface area contributed by atoms with Crippen molar-refractivity contribution in [2.24, 2.45) is 35.0 Å². The summed E-state index contributed by atoms with van der Waals surface area (Å²) < 4.78 is 0. The zero-order chi connectivity index (χ0) is 25.3. The number of nitrogens with one attached hydrogen (secondary N) is 1. The highest BCUT2D eigenvalue weighted by atomic mass is 16.2. The Hall–Kier alpha value is -2.09. The van der Waals surface area contributed by atoms with Crippen molar-refractivity contribution >= 4 is 22.6 Å². The number of hydrogen-bond donors (Lipinski definition) is 4. The Bertz CT molecular complexity index is 910. The Morgan fingerprint density at radius 2 is 1.74 bits per heavy atom. The molecular weight excluding hydrogens is 424 g/mol. The van der Waals surface area contributed by atoms with Gasteiger partial charge in [-0.05, 0) is 79.3 Å². The summed E-state index contributed by atoms with van der Waals surface area (Å²) in [7, 11) is 0. The van der Waals surface area contributed by atoms with Gasteiger partial charge in [0.15, 0.2) is 5.82 Å². The van der Waals surface area contributed by atoms with Gasteiger partial charge in [-0.2, -0.15) is 0 Å². The second-order valence-corrected chi connectivity index (χ2v) is 10.7. The largest absolute Gasteiger partial charge is 0.330 e. The van der Waals surface area contributed by atoms with E-state index < -0.39 is 6.04 Å². The molecule has 0 aliphatic carbocycles. The molecule has 7 heteroatoms. The lowest BCUT2D eigenvalue weighted by molar-refractivity contribution is -0.117. The summed E-state index contributed by atoms with van der Waals surface area (Å²) in [4.78, 5) is 12.7. The van der Waals surface area contributed by atoms with E-state index in [-0.39, 0.29) is 11.3 Å². The third kappa shape index (κ3) is 8.00. The molecule has 1 aromatic heterocycles. The van der Waals surface area contributed by atoms with Crippen LogP contribution in [0.5, 0.6) is 0 Å². The second-order valence-electron chi connectivity index (χ2n) is 10.7. The summed E-state index contributed by atoms with van der Waals surface area (Å²) in [5.41, 5.74) is 20.0. The van der Waals surface area contributed by atoms with E-state index in [9.17, 15) is 4.79 Å². The van der Waals surface area contributed by atoms with Crippen LogP contribution < -0.4 is 22.5 Å². The molecule has 0 aliphatic rings. The molecule has 7 nitrogen and oxygen atoms in total. The van der Waals surface area contributed by atoms with Gasteiger partial charge in [0.1, 0.15) is 0 Å². The molecule has 34 heavy (non-hydrogen) atoms. The third-order valence-corrected chi connectivity index (χ3v) is 7.11. The van der Waals surface area contributed by atoms with E-state index in [1.54, 1.807) is 0 Å². The number of anilines is 1. The van der Waals surface area contributed by atoms with E-state index in [4.69, 9.17) is 17.2 Å². The average molecular weight is 471 g/mol. The Labute approximate surface area is 205 Å². The smallest absolute Gasteiger partial charge is 0.242 e. The molecule has 1 aromatic carbocycles. The first-order valence-electron chi connectivity index (χ1n) is 12.8. The van der Waals surface area contributed by atoms with E-state index in [0.29, 0.717) is 43.1 Å². The summed E-state index contributed by atoms with van der Waals surface area (Å²) >= 11 is 0. The predicted octanol–water partition coefficient (Wildman–Crippen LogP) is 4.34. The predicted molar refractivity (Wildman–Crippen MR) is 142 cm³/mol. The number of nitrogens with zero attached hydrogens (tertiary/aromatic N) is 2. The van der Waals surface area contributed by atoms with Gasteiger partial charge in [0.05, 0.1) is 11.6 Å².